The monoisotopic (exact) mass is 445 g/mol. The number of benzene rings is 1. The summed E-state index contributed by atoms with van der Waals surface area (Å²) in [5.41, 5.74) is 4.53. The summed E-state index contributed by atoms with van der Waals surface area (Å²) in [6.45, 7) is 5.46. The van der Waals surface area contributed by atoms with Gasteiger partial charge in [0.25, 0.3) is 0 Å². The van der Waals surface area contributed by atoms with Crippen molar-refractivity contribution in [3.05, 3.63) is 51.7 Å². The number of amides is 1. The van der Waals surface area contributed by atoms with E-state index >= 15 is 0 Å². The molecule has 0 aliphatic carbocycles. The third-order valence-electron chi connectivity index (χ3n) is 6.82. The minimum atomic E-state index is -0.382. The van der Waals surface area contributed by atoms with Crippen molar-refractivity contribution in [1.82, 2.24) is 14.8 Å². The molecule has 1 atom stereocenters. The second kappa shape index (κ2) is 8.94. The Kier molecular flexibility index (Phi) is 6.05. The summed E-state index contributed by atoms with van der Waals surface area (Å²) in [6.07, 6.45) is 2.29. The van der Waals surface area contributed by atoms with Crippen LogP contribution >= 0.6 is 11.3 Å². The molecule has 3 aliphatic rings. The third-order valence-corrected chi connectivity index (χ3v) is 7.46. The highest BCUT2D eigenvalue weighted by atomic mass is 32.1. The first kappa shape index (κ1) is 21.0. The smallest absolute Gasteiger partial charge is 0.227 e. The summed E-state index contributed by atoms with van der Waals surface area (Å²) in [5.74, 6) is -0.130. The number of halogens is 1. The fourth-order valence-electron chi connectivity index (χ4n) is 5.08. The molecule has 0 N–H and O–H groups in total. The number of aromatic nitrogens is 1. The Morgan fingerprint density at radius 1 is 1.23 bits per heavy atom. The maximum Gasteiger partial charge on any atom is 0.227 e. The zero-order chi connectivity index (χ0) is 21.3. The molecular weight excluding hydrogens is 417 g/mol. The molecule has 1 spiro atoms. The number of ether oxygens (including phenoxy) is 2. The van der Waals surface area contributed by atoms with Crippen molar-refractivity contribution >= 4 is 17.2 Å². The first-order valence-electron chi connectivity index (χ1n) is 11.0. The van der Waals surface area contributed by atoms with E-state index in [-0.39, 0.29) is 23.2 Å². The predicted octanol–water partition coefficient (Wildman–Crippen LogP) is 2.82. The van der Waals surface area contributed by atoms with Crippen molar-refractivity contribution in [2.75, 3.05) is 45.9 Å². The van der Waals surface area contributed by atoms with Gasteiger partial charge in [-0.2, -0.15) is 0 Å². The second-order valence-electron chi connectivity index (χ2n) is 8.70. The van der Waals surface area contributed by atoms with E-state index in [1.54, 1.807) is 17.4 Å². The average Bonchev–Trinajstić information content (AvgIpc) is 3.44. The van der Waals surface area contributed by atoms with Gasteiger partial charge in [0.15, 0.2) is 0 Å². The van der Waals surface area contributed by atoms with Crippen molar-refractivity contribution in [1.29, 1.82) is 0 Å². The number of carbonyl (C=O) groups excluding carboxylic acids is 1. The number of carbonyl (C=O) groups is 1. The number of likely N-dealkylation sites (tertiary alicyclic amines) is 1. The molecular formula is C23H28FN3O3S. The van der Waals surface area contributed by atoms with Crippen LogP contribution in [-0.4, -0.2) is 66.6 Å². The maximum atomic E-state index is 13.9. The third kappa shape index (κ3) is 4.39. The van der Waals surface area contributed by atoms with Crippen molar-refractivity contribution < 1.29 is 18.7 Å². The maximum absolute atomic E-state index is 13.9. The Hall–Kier alpha value is -1.87. The van der Waals surface area contributed by atoms with E-state index in [0.717, 1.165) is 42.8 Å². The summed E-state index contributed by atoms with van der Waals surface area (Å²) in [6, 6.07) is 5.00. The molecule has 0 saturated carbocycles. The first-order valence-corrected chi connectivity index (χ1v) is 12.0. The number of piperidine rings is 1. The van der Waals surface area contributed by atoms with Gasteiger partial charge in [-0.1, -0.05) is 6.07 Å². The molecule has 1 aromatic carbocycles. The van der Waals surface area contributed by atoms with Crippen LogP contribution in [0.4, 0.5) is 4.39 Å². The van der Waals surface area contributed by atoms with Gasteiger partial charge in [0.2, 0.25) is 5.91 Å². The number of hydrogen-bond acceptors (Lipinski definition) is 6. The molecule has 0 bridgehead atoms. The van der Waals surface area contributed by atoms with E-state index in [4.69, 9.17) is 9.47 Å². The molecule has 6 nitrogen and oxygen atoms in total. The zero-order valence-electron chi connectivity index (χ0n) is 17.6. The van der Waals surface area contributed by atoms with Crippen LogP contribution in [0.2, 0.25) is 0 Å². The molecule has 2 aromatic rings. The van der Waals surface area contributed by atoms with Crippen LogP contribution in [0.25, 0.3) is 0 Å². The molecule has 0 radical (unpaired) electrons. The number of thiazole rings is 1. The Morgan fingerprint density at radius 2 is 2.03 bits per heavy atom. The number of fused-ring (bicyclic) bond motifs is 2. The average molecular weight is 446 g/mol. The minimum absolute atomic E-state index is 0.122. The first-order chi connectivity index (χ1) is 15.1. The summed E-state index contributed by atoms with van der Waals surface area (Å²) < 4.78 is 25.5. The van der Waals surface area contributed by atoms with E-state index in [1.165, 1.54) is 6.07 Å². The lowest BCUT2D eigenvalue weighted by atomic mass is 9.83. The molecule has 5 rings (SSSR count). The molecule has 1 unspecified atom stereocenters. The molecule has 2 saturated heterocycles. The number of nitrogens with zero attached hydrogens (tertiary/aromatic N) is 3. The fraction of sp³-hybridized carbons (Fsp3) is 0.565. The van der Waals surface area contributed by atoms with Gasteiger partial charge in [-0.25, -0.2) is 9.37 Å². The fourth-order valence-corrected chi connectivity index (χ4v) is 5.65. The molecule has 4 heterocycles. The Bertz CT molecular complexity index is 909. The van der Waals surface area contributed by atoms with Gasteiger partial charge < -0.3 is 19.3 Å². The SMILES string of the molecule is O=C(C(Cc1cscn1)CN1CCC2(CC1)OCc1ccc(F)cc12)N1CCOCC1. The quantitative estimate of drug-likeness (QED) is 0.709. The minimum Gasteiger partial charge on any atom is -0.378 e. The van der Waals surface area contributed by atoms with Crippen molar-refractivity contribution in [3.8, 4) is 0 Å². The van der Waals surface area contributed by atoms with Gasteiger partial charge in [0.05, 0.1) is 42.5 Å². The zero-order valence-corrected chi connectivity index (χ0v) is 18.4. The number of morpholine rings is 1. The van der Waals surface area contributed by atoms with E-state index in [2.05, 4.69) is 9.88 Å². The van der Waals surface area contributed by atoms with Crippen molar-refractivity contribution in [3.63, 3.8) is 0 Å². The van der Waals surface area contributed by atoms with Gasteiger partial charge in [0.1, 0.15) is 5.82 Å². The van der Waals surface area contributed by atoms with Crippen LogP contribution in [0.5, 0.6) is 0 Å². The normalized spacial score (nSPS) is 21.9. The van der Waals surface area contributed by atoms with Crippen LogP contribution in [0.3, 0.4) is 0 Å². The molecule has 1 amide bonds. The Morgan fingerprint density at radius 3 is 2.77 bits per heavy atom. The molecule has 31 heavy (non-hydrogen) atoms. The topological polar surface area (TPSA) is 54.9 Å². The summed E-state index contributed by atoms with van der Waals surface area (Å²) >= 11 is 1.57. The second-order valence-corrected chi connectivity index (χ2v) is 9.42. The van der Waals surface area contributed by atoms with Crippen LogP contribution in [0.15, 0.2) is 29.1 Å². The Labute approximate surface area is 186 Å². The number of hydrogen-bond donors (Lipinski definition) is 0. The lowest BCUT2D eigenvalue weighted by molar-refractivity contribution is -0.141. The number of rotatable bonds is 5. The summed E-state index contributed by atoms with van der Waals surface area (Å²) in [5, 5.41) is 2.03. The van der Waals surface area contributed by atoms with E-state index in [9.17, 15) is 9.18 Å². The molecule has 166 valence electrons. The Balaban J connectivity index is 1.26. The summed E-state index contributed by atoms with van der Waals surface area (Å²) in [4.78, 5) is 22.0. The van der Waals surface area contributed by atoms with Gasteiger partial charge in [-0.05, 0) is 36.1 Å². The molecule has 8 heteroatoms. The summed E-state index contributed by atoms with van der Waals surface area (Å²) in [7, 11) is 0. The largest absolute Gasteiger partial charge is 0.378 e. The molecule has 3 aliphatic heterocycles. The van der Waals surface area contributed by atoms with Gasteiger partial charge in [-0.15, -0.1) is 11.3 Å². The predicted molar refractivity (Wildman–Crippen MR) is 115 cm³/mol. The van der Waals surface area contributed by atoms with Crippen molar-refractivity contribution in [2.45, 2.75) is 31.5 Å². The highest BCUT2D eigenvalue weighted by Gasteiger charge is 2.43. The van der Waals surface area contributed by atoms with Crippen LogP contribution < -0.4 is 0 Å². The highest BCUT2D eigenvalue weighted by Crippen LogP contribution is 2.44. The lowest BCUT2D eigenvalue weighted by Gasteiger charge is -2.41. The van der Waals surface area contributed by atoms with Gasteiger partial charge in [0, 0.05) is 44.5 Å². The van der Waals surface area contributed by atoms with Gasteiger partial charge >= 0.3 is 0 Å². The van der Waals surface area contributed by atoms with Crippen LogP contribution in [0.1, 0.15) is 29.7 Å². The van der Waals surface area contributed by atoms with Crippen LogP contribution in [-0.2, 0) is 32.9 Å². The molecule has 1 aromatic heterocycles. The van der Waals surface area contributed by atoms with Crippen molar-refractivity contribution in [2.24, 2.45) is 5.92 Å². The highest BCUT2D eigenvalue weighted by molar-refractivity contribution is 7.07. The molecule has 2 fully saturated rings. The van der Waals surface area contributed by atoms with Crippen LogP contribution in [0, 0.1) is 11.7 Å². The van der Waals surface area contributed by atoms with Gasteiger partial charge in [-0.3, -0.25) is 4.79 Å². The lowest BCUT2D eigenvalue weighted by Crippen LogP contribution is -2.49. The van der Waals surface area contributed by atoms with E-state index in [0.29, 0.717) is 45.9 Å². The van der Waals surface area contributed by atoms with E-state index < -0.39 is 0 Å². The standard InChI is InChI=1S/C23H28FN3O3S/c24-19-2-1-17-14-30-23(21(17)12-19)3-5-26(6-4-23)13-18(11-20-15-31-16-25-20)22(28)27-7-9-29-10-8-27/h1-2,12,15-16,18H,3-11,13-14H2. The van der Waals surface area contributed by atoms with E-state index in [1.807, 2.05) is 21.9 Å².